The first-order valence-corrected chi connectivity index (χ1v) is 8.25. The summed E-state index contributed by atoms with van der Waals surface area (Å²) >= 11 is 8.96. The van der Waals surface area contributed by atoms with E-state index in [1.165, 1.54) is 18.2 Å². The number of hydrogen-bond donors (Lipinski definition) is 1. The molecule has 0 saturated carbocycles. The third-order valence-electron chi connectivity index (χ3n) is 3.39. The number of benzene rings is 1. The van der Waals surface area contributed by atoms with Gasteiger partial charge in [0.1, 0.15) is 23.2 Å². The summed E-state index contributed by atoms with van der Waals surface area (Å²) in [6.07, 6.45) is 0. The molecule has 1 heterocycles. The number of ether oxygens (including phenoxy) is 2. The quantitative estimate of drug-likeness (QED) is 0.601. The number of nitriles is 1. The van der Waals surface area contributed by atoms with Crippen molar-refractivity contribution in [1.29, 1.82) is 5.26 Å². The van der Waals surface area contributed by atoms with E-state index in [9.17, 15) is 14.4 Å². The maximum absolute atomic E-state index is 13.5. The fourth-order valence-corrected chi connectivity index (χ4v) is 2.97. The molecule has 1 atom stereocenters. The highest BCUT2D eigenvalue weighted by molar-refractivity contribution is 9.10. The molecule has 0 saturated heterocycles. The van der Waals surface area contributed by atoms with Gasteiger partial charge in [0.15, 0.2) is 0 Å². The van der Waals surface area contributed by atoms with Crippen LogP contribution in [0.15, 0.2) is 45.5 Å². The van der Waals surface area contributed by atoms with Gasteiger partial charge in [0.25, 0.3) is 0 Å². The minimum atomic E-state index is -0.853. The average molecular weight is 416 g/mol. The van der Waals surface area contributed by atoms with Gasteiger partial charge in [-0.05, 0) is 40.5 Å². The van der Waals surface area contributed by atoms with Crippen LogP contribution in [0.25, 0.3) is 0 Å². The van der Waals surface area contributed by atoms with Crippen LogP contribution in [0, 0.1) is 17.1 Å². The molecule has 1 aromatic rings. The largest absolute Gasteiger partial charge is 0.463 e. The zero-order valence-corrected chi connectivity index (χ0v) is 14.9. The van der Waals surface area contributed by atoms with Crippen LogP contribution in [0.1, 0.15) is 18.4 Å². The van der Waals surface area contributed by atoms with Crippen molar-refractivity contribution in [3.63, 3.8) is 0 Å². The van der Waals surface area contributed by atoms with Crippen LogP contribution in [0.5, 0.6) is 0 Å². The van der Waals surface area contributed by atoms with E-state index in [1.54, 1.807) is 6.92 Å². The fraction of sp³-hybridized carbons (Fsp3) is 0.250. The first-order chi connectivity index (χ1) is 11.4. The number of esters is 1. The predicted molar refractivity (Wildman–Crippen MR) is 89.1 cm³/mol. The van der Waals surface area contributed by atoms with E-state index in [0.717, 1.165) is 0 Å². The molecule has 2 rings (SSSR count). The Bertz CT molecular complexity index is 786. The first kappa shape index (κ1) is 18.3. The van der Waals surface area contributed by atoms with Crippen LogP contribution >= 0.6 is 27.5 Å². The minimum Gasteiger partial charge on any atom is -0.463 e. The molecule has 1 aliphatic heterocycles. The molecule has 0 aliphatic carbocycles. The van der Waals surface area contributed by atoms with Gasteiger partial charge in [0.2, 0.25) is 5.88 Å². The summed E-state index contributed by atoms with van der Waals surface area (Å²) in [6.45, 7) is 1.79. The number of carbonyl (C=O) groups excluding carboxylic acids is 1. The van der Waals surface area contributed by atoms with Gasteiger partial charge in [-0.3, -0.25) is 0 Å². The summed E-state index contributed by atoms with van der Waals surface area (Å²) in [4.78, 5) is 12.4. The maximum Gasteiger partial charge on any atom is 0.338 e. The zero-order valence-electron chi connectivity index (χ0n) is 12.6. The molecule has 0 fully saturated rings. The highest BCUT2D eigenvalue weighted by Crippen LogP contribution is 2.40. The lowest BCUT2D eigenvalue weighted by Gasteiger charge is -2.27. The van der Waals surface area contributed by atoms with E-state index >= 15 is 0 Å². The van der Waals surface area contributed by atoms with E-state index in [0.29, 0.717) is 5.56 Å². The van der Waals surface area contributed by atoms with Crippen LogP contribution in [0.2, 0.25) is 0 Å². The normalized spacial score (nSPS) is 17.4. The third kappa shape index (κ3) is 3.40. The van der Waals surface area contributed by atoms with E-state index in [2.05, 4.69) is 15.9 Å². The Hall–Kier alpha value is -2.04. The maximum atomic E-state index is 13.5. The van der Waals surface area contributed by atoms with Gasteiger partial charge in [0, 0.05) is 0 Å². The topological polar surface area (TPSA) is 85.3 Å². The Morgan fingerprint density at radius 2 is 2.29 bits per heavy atom. The van der Waals surface area contributed by atoms with Gasteiger partial charge in [-0.1, -0.05) is 6.07 Å². The Morgan fingerprint density at radius 3 is 2.83 bits per heavy atom. The summed E-state index contributed by atoms with van der Waals surface area (Å²) in [5.74, 6) is -2.16. The summed E-state index contributed by atoms with van der Waals surface area (Å²) in [5.41, 5.74) is 6.39. The Labute approximate surface area is 151 Å². The SMILES string of the molecule is CCOC(=O)C1=C(CCl)OC(N)=C(C#N)[C@@H]1c1ccc(F)c(Br)c1. The number of nitrogens with two attached hydrogens (primary N) is 1. The fourth-order valence-electron chi connectivity index (χ4n) is 2.37. The van der Waals surface area contributed by atoms with Crippen molar-refractivity contribution in [2.45, 2.75) is 12.8 Å². The van der Waals surface area contributed by atoms with Crippen LogP contribution < -0.4 is 5.73 Å². The number of rotatable bonds is 4. The second kappa shape index (κ2) is 7.69. The molecular weight excluding hydrogens is 403 g/mol. The molecule has 126 valence electrons. The molecular formula is C16H13BrClFN2O3. The highest BCUT2D eigenvalue weighted by Gasteiger charge is 2.37. The van der Waals surface area contributed by atoms with Crippen molar-refractivity contribution in [3.05, 3.63) is 56.8 Å². The monoisotopic (exact) mass is 414 g/mol. The molecule has 0 unspecified atom stereocenters. The highest BCUT2D eigenvalue weighted by atomic mass is 79.9. The lowest BCUT2D eigenvalue weighted by molar-refractivity contribution is -0.139. The van der Waals surface area contributed by atoms with E-state index in [4.69, 9.17) is 26.8 Å². The number of halogens is 3. The molecule has 24 heavy (non-hydrogen) atoms. The molecule has 0 amide bonds. The standard InChI is InChI=1S/C16H13BrClFN2O3/c1-2-23-16(22)14-12(6-18)24-15(21)9(7-20)13(14)8-3-4-11(19)10(17)5-8/h3-5,13H,2,6,21H2,1H3/t13-/m0/s1. The first-order valence-electron chi connectivity index (χ1n) is 6.93. The molecule has 0 bridgehead atoms. The molecule has 0 aromatic heterocycles. The van der Waals surface area contributed by atoms with Crippen LogP contribution in [0.3, 0.4) is 0 Å². The minimum absolute atomic E-state index is 0.0328. The van der Waals surface area contributed by atoms with Crippen molar-refractivity contribution in [1.82, 2.24) is 0 Å². The number of alkyl halides is 1. The van der Waals surface area contributed by atoms with Crippen molar-refractivity contribution in [2.75, 3.05) is 12.5 Å². The molecule has 8 heteroatoms. The van der Waals surface area contributed by atoms with Gasteiger partial charge in [-0.15, -0.1) is 11.6 Å². The molecule has 1 aliphatic rings. The average Bonchev–Trinajstić information content (AvgIpc) is 2.56. The van der Waals surface area contributed by atoms with Gasteiger partial charge < -0.3 is 15.2 Å². The summed E-state index contributed by atoms with van der Waals surface area (Å²) in [6, 6.07) is 6.11. The Balaban J connectivity index is 2.68. The Kier molecular flexibility index (Phi) is 5.86. The number of nitrogens with zero attached hydrogens (tertiary/aromatic N) is 1. The van der Waals surface area contributed by atoms with E-state index < -0.39 is 17.7 Å². The summed E-state index contributed by atoms with van der Waals surface area (Å²) in [5, 5.41) is 9.44. The lowest BCUT2D eigenvalue weighted by Crippen LogP contribution is -2.26. The number of hydrogen-bond acceptors (Lipinski definition) is 5. The molecule has 0 spiro atoms. The third-order valence-corrected chi connectivity index (χ3v) is 4.24. The zero-order chi connectivity index (χ0) is 17.9. The predicted octanol–water partition coefficient (Wildman–Crippen LogP) is 3.45. The van der Waals surface area contributed by atoms with Gasteiger partial charge in [0.05, 0.1) is 28.5 Å². The van der Waals surface area contributed by atoms with Gasteiger partial charge in [-0.2, -0.15) is 5.26 Å². The number of carbonyl (C=O) groups is 1. The van der Waals surface area contributed by atoms with Crippen LogP contribution in [0.4, 0.5) is 4.39 Å². The molecule has 0 radical (unpaired) electrons. The second-order valence-corrected chi connectivity index (χ2v) is 5.91. The smallest absolute Gasteiger partial charge is 0.338 e. The summed E-state index contributed by atoms with van der Waals surface area (Å²) < 4.78 is 24.1. The van der Waals surface area contributed by atoms with Gasteiger partial charge in [-0.25, -0.2) is 9.18 Å². The molecule has 1 aromatic carbocycles. The lowest BCUT2D eigenvalue weighted by atomic mass is 9.83. The summed E-state index contributed by atoms with van der Waals surface area (Å²) in [7, 11) is 0. The van der Waals surface area contributed by atoms with Crippen molar-refractivity contribution in [2.24, 2.45) is 5.73 Å². The number of allylic oxidation sites excluding steroid dienone is 2. The van der Waals surface area contributed by atoms with Crippen molar-refractivity contribution in [3.8, 4) is 6.07 Å². The van der Waals surface area contributed by atoms with Crippen molar-refractivity contribution < 1.29 is 18.7 Å². The van der Waals surface area contributed by atoms with E-state index in [-0.39, 0.29) is 39.7 Å². The van der Waals surface area contributed by atoms with Crippen LogP contribution in [-0.2, 0) is 14.3 Å². The van der Waals surface area contributed by atoms with E-state index in [1.807, 2.05) is 6.07 Å². The molecule has 2 N–H and O–H groups in total. The Morgan fingerprint density at radius 1 is 1.58 bits per heavy atom. The molecule has 5 nitrogen and oxygen atoms in total. The van der Waals surface area contributed by atoms with Crippen molar-refractivity contribution >= 4 is 33.5 Å². The van der Waals surface area contributed by atoms with Crippen LogP contribution in [-0.4, -0.2) is 18.5 Å². The second-order valence-electron chi connectivity index (χ2n) is 4.79. The van der Waals surface area contributed by atoms with Gasteiger partial charge >= 0.3 is 5.97 Å².